The number of halogens is 1. The van der Waals surface area contributed by atoms with Gasteiger partial charge in [-0.25, -0.2) is 14.5 Å². The Balaban J connectivity index is 1.84. The maximum absolute atomic E-state index is 13.1. The van der Waals surface area contributed by atoms with E-state index in [0.29, 0.717) is 12.3 Å². The zero-order valence-electron chi connectivity index (χ0n) is 18.2. The Bertz CT molecular complexity index is 1130. The number of ether oxygens (including phenoxy) is 2. The van der Waals surface area contributed by atoms with Crippen molar-refractivity contribution in [2.75, 3.05) is 23.4 Å². The minimum absolute atomic E-state index is 0.0589. The van der Waals surface area contributed by atoms with Gasteiger partial charge in [0, 0.05) is 5.69 Å². The molecule has 0 fully saturated rings. The molecular formula is C24H23ClN2O6. The number of nitrogens with one attached hydrogen (secondary N) is 1. The van der Waals surface area contributed by atoms with E-state index in [2.05, 4.69) is 5.32 Å². The van der Waals surface area contributed by atoms with Crippen molar-refractivity contribution in [2.24, 2.45) is 0 Å². The van der Waals surface area contributed by atoms with Gasteiger partial charge in [-0.2, -0.15) is 0 Å². The van der Waals surface area contributed by atoms with Crippen LogP contribution in [0.3, 0.4) is 0 Å². The van der Waals surface area contributed by atoms with E-state index in [1.165, 1.54) is 18.2 Å². The second kappa shape index (κ2) is 10.8. The molecule has 2 aromatic rings. The zero-order valence-corrected chi connectivity index (χ0v) is 19.0. The highest BCUT2D eigenvalue weighted by atomic mass is 35.5. The van der Waals surface area contributed by atoms with E-state index in [0.717, 1.165) is 17.7 Å². The molecule has 33 heavy (non-hydrogen) atoms. The maximum atomic E-state index is 13.1. The molecule has 2 aromatic carbocycles. The van der Waals surface area contributed by atoms with Gasteiger partial charge >= 0.3 is 11.9 Å². The Kier molecular flexibility index (Phi) is 7.84. The van der Waals surface area contributed by atoms with Crippen LogP contribution >= 0.6 is 11.6 Å². The Morgan fingerprint density at radius 2 is 1.73 bits per heavy atom. The molecule has 1 aliphatic heterocycles. The Hall–Kier alpha value is -3.65. The molecular weight excluding hydrogens is 448 g/mol. The Morgan fingerprint density at radius 3 is 2.45 bits per heavy atom. The molecule has 1 N–H and O–H groups in total. The topological polar surface area (TPSA) is 102 Å². The van der Waals surface area contributed by atoms with Gasteiger partial charge in [0.2, 0.25) is 0 Å². The number of unbranched alkanes of at least 4 members (excludes halogenated alkanes) is 1. The molecule has 0 atom stereocenters. The molecule has 9 heteroatoms. The number of hydrogen-bond donors (Lipinski definition) is 1. The summed E-state index contributed by atoms with van der Waals surface area (Å²) in [6.07, 6.45) is 1.65. The SMILES string of the molecule is CCCCOC(=O)c1cccc(NC2=C(Cl)C(=O)N(c3ccccc3C(=O)OCC)C2=O)c1. The number of carbonyl (C=O) groups is 4. The van der Waals surface area contributed by atoms with Crippen molar-refractivity contribution in [3.63, 3.8) is 0 Å². The fraction of sp³-hybridized carbons (Fsp3) is 0.250. The fourth-order valence-corrected chi connectivity index (χ4v) is 3.35. The maximum Gasteiger partial charge on any atom is 0.340 e. The molecule has 2 amide bonds. The van der Waals surface area contributed by atoms with Gasteiger partial charge in [0.1, 0.15) is 10.7 Å². The summed E-state index contributed by atoms with van der Waals surface area (Å²) in [4.78, 5) is 51.3. The lowest BCUT2D eigenvalue weighted by molar-refractivity contribution is -0.120. The summed E-state index contributed by atoms with van der Waals surface area (Å²) in [6.45, 7) is 4.09. The summed E-state index contributed by atoms with van der Waals surface area (Å²) in [6, 6.07) is 12.4. The summed E-state index contributed by atoms with van der Waals surface area (Å²) in [5.41, 5.74) is 0.610. The van der Waals surface area contributed by atoms with E-state index < -0.39 is 23.8 Å². The van der Waals surface area contributed by atoms with Crippen molar-refractivity contribution in [1.29, 1.82) is 0 Å². The summed E-state index contributed by atoms with van der Waals surface area (Å²) < 4.78 is 10.2. The van der Waals surface area contributed by atoms with Crippen LogP contribution in [0.2, 0.25) is 0 Å². The highest BCUT2D eigenvalue weighted by molar-refractivity contribution is 6.53. The molecule has 3 rings (SSSR count). The third kappa shape index (κ3) is 5.23. The van der Waals surface area contributed by atoms with Crippen molar-refractivity contribution in [3.05, 3.63) is 70.4 Å². The van der Waals surface area contributed by atoms with Crippen molar-refractivity contribution in [1.82, 2.24) is 0 Å². The first-order valence-electron chi connectivity index (χ1n) is 10.5. The van der Waals surface area contributed by atoms with Gasteiger partial charge in [0.15, 0.2) is 0 Å². The smallest absolute Gasteiger partial charge is 0.340 e. The van der Waals surface area contributed by atoms with Crippen molar-refractivity contribution in [3.8, 4) is 0 Å². The molecule has 0 saturated carbocycles. The van der Waals surface area contributed by atoms with Gasteiger partial charge < -0.3 is 14.8 Å². The number of imide groups is 1. The number of nitrogens with zero attached hydrogens (tertiary/aromatic N) is 1. The largest absolute Gasteiger partial charge is 0.462 e. The van der Waals surface area contributed by atoms with Gasteiger partial charge in [-0.05, 0) is 43.7 Å². The van der Waals surface area contributed by atoms with Gasteiger partial charge in [0.25, 0.3) is 11.8 Å². The third-order valence-electron chi connectivity index (χ3n) is 4.77. The van der Waals surface area contributed by atoms with Crippen LogP contribution < -0.4 is 10.2 Å². The first kappa shape index (κ1) is 24.0. The number of anilines is 2. The predicted molar refractivity (Wildman–Crippen MR) is 123 cm³/mol. The number of para-hydroxylation sites is 1. The molecule has 0 saturated heterocycles. The first-order chi connectivity index (χ1) is 15.9. The molecule has 0 spiro atoms. The third-order valence-corrected chi connectivity index (χ3v) is 5.12. The minimum atomic E-state index is -0.781. The number of rotatable bonds is 9. The van der Waals surface area contributed by atoms with E-state index in [-0.39, 0.29) is 34.2 Å². The molecule has 1 heterocycles. The van der Waals surface area contributed by atoms with Crippen LogP contribution in [-0.4, -0.2) is 37.0 Å². The van der Waals surface area contributed by atoms with Crippen LogP contribution in [0, 0.1) is 0 Å². The fourth-order valence-electron chi connectivity index (χ4n) is 3.14. The summed E-state index contributed by atoms with van der Waals surface area (Å²) in [5.74, 6) is -2.68. The number of amides is 2. The molecule has 0 aromatic heterocycles. The summed E-state index contributed by atoms with van der Waals surface area (Å²) in [7, 11) is 0. The molecule has 0 radical (unpaired) electrons. The molecule has 0 aliphatic carbocycles. The van der Waals surface area contributed by atoms with E-state index in [4.69, 9.17) is 21.1 Å². The lowest BCUT2D eigenvalue weighted by Crippen LogP contribution is -2.33. The first-order valence-corrected chi connectivity index (χ1v) is 10.9. The molecule has 172 valence electrons. The summed E-state index contributed by atoms with van der Waals surface area (Å²) >= 11 is 6.20. The average molecular weight is 471 g/mol. The van der Waals surface area contributed by atoms with E-state index in [9.17, 15) is 19.2 Å². The summed E-state index contributed by atoms with van der Waals surface area (Å²) in [5, 5.41) is 2.48. The second-order valence-corrected chi connectivity index (χ2v) is 7.45. The second-order valence-electron chi connectivity index (χ2n) is 7.07. The van der Waals surface area contributed by atoms with Crippen LogP contribution in [0.25, 0.3) is 0 Å². The average Bonchev–Trinajstić information content (AvgIpc) is 3.02. The molecule has 8 nitrogen and oxygen atoms in total. The van der Waals surface area contributed by atoms with E-state index in [1.54, 1.807) is 37.3 Å². The van der Waals surface area contributed by atoms with Gasteiger partial charge in [-0.3, -0.25) is 9.59 Å². The van der Waals surface area contributed by atoms with Crippen LogP contribution in [0.4, 0.5) is 11.4 Å². The number of esters is 2. The van der Waals surface area contributed by atoms with Gasteiger partial charge in [-0.15, -0.1) is 0 Å². The van der Waals surface area contributed by atoms with Crippen LogP contribution in [0.1, 0.15) is 47.4 Å². The van der Waals surface area contributed by atoms with Gasteiger partial charge in [-0.1, -0.05) is 43.1 Å². The quantitative estimate of drug-likeness (QED) is 0.332. The van der Waals surface area contributed by atoms with Crippen molar-refractivity contribution in [2.45, 2.75) is 26.7 Å². The predicted octanol–water partition coefficient (Wildman–Crippen LogP) is 4.26. The highest BCUT2D eigenvalue weighted by Crippen LogP contribution is 2.32. The Labute approximate surface area is 196 Å². The van der Waals surface area contributed by atoms with E-state index in [1.807, 2.05) is 6.92 Å². The standard InChI is InChI=1S/C24H23ClN2O6/c1-3-5-13-33-23(30)15-9-8-10-16(14-15)26-20-19(25)21(28)27(22(20)29)18-12-7-6-11-17(18)24(31)32-4-2/h6-12,14,26H,3-5,13H2,1-2H3. The van der Waals surface area contributed by atoms with Gasteiger partial charge in [0.05, 0.1) is 30.0 Å². The lowest BCUT2D eigenvalue weighted by Gasteiger charge is -2.18. The zero-order chi connectivity index (χ0) is 24.0. The lowest BCUT2D eigenvalue weighted by atomic mass is 10.1. The molecule has 0 bridgehead atoms. The van der Waals surface area contributed by atoms with Crippen LogP contribution in [-0.2, 0) is 19.1 Å². The van der Waals surface area contributed by atoms with Crippen LogP contribution in [0.5, 0.6) is 0 Å². The minimum Gasteiger partial charge on any atom is -0.462 e. The number of carbonyl (C=O) groups excluding carboxylic acids is 4. The van der Waals surface area contributed by atoms with Crippen molar-refractivity contribution >= 4 is 46.7 Å². The van der Waals surface area contributed by atoms with Crippen LogP contribution in [0.15, 0.2) is 59.3 Å². The normalized spacial score (nSPS) is 13.4. The molecule has 1 aliphatic rings. The van der Waals surface area contributed by atoms with E-state index >= 15 is 0 Å². The monoisotopic (exact) mass is 470 g/mol. The number of benzene rings is 2. The number of hydrogen-bond acceptors (Lipinski definition) is 7. The van der Waals surface area contributed by atoms with Crippen molar-refractivity contribution < 1.29 is 28.7 Å². The molecule has 0 unspecified atom stereocenters. The highest BCUT2D eigenvalue weighted by Gasteiger charge is 2.40. The Morgan fingerprint density at radius 1 is 0.970 bits per heavy atom.